The van der Waals surface area contributed by atoms with E-state index in [0.717, 1.165) is 5.56 Å². The Balaban J connectivity index is 2.06. The van der Waals surface area contributed by atoms with Crippen LogP contribution in [0.25, 0.3) is 10.6 Å². The first kappa shape index (κ1) is 14.3. The minimum atomic E-state index is -0.508. The first-order chi connectivity index (χ1) is 9.60. The molecule has 20 heavy (non-hydrogen) atoms. The lowest BCUT2D eigenvalue weighted by atomic mass is 10.2. The van der Waals surface area contributed by atoms with Crippen molar-refractivity contribution in [3.05, 3.63) is 40.4 Å². The fourth-order valence-corrected chi connectivity index (χ4v) is 2.28. The highest BCUT2D eigenvalue weighted by molar-refractivity contribution is 7.13. The molecule has 0 aliphatic carbocycles. The summed E-state index contributed by atoms with van der Waals surface area (Å²) in [4.78, 5) is 26.9. The van der Waals surface area contributed by atoms with Crippen LogP contribution in [0.2, 0.25) is 5.02 Å². The van der Waals surface area contributed by atoms with Crippen LogP contribution in [0.15, 0.2) is 29.6 Å². The van der Waals surface area contributed by atoms with E-state index >= 15 is 0 Å². The van der Waals surface area contributed by atoms with E-state index in [1.54, 1.807) is 17.5 Å². The Hall–Kier alpha value is -2.12. The van der Waals surface area contributed by atoms with Gasteiger partial charge in [0.2, 0.25) is 0 Å². The molecule has 6 nitrogen and oxygen atoms in total. The molecule has 0 spiro atoms. The van der Waals surface area contributed by atoms with Gasteiger partial charge in [0.15, 0.2) is 0 Å². The number of nitrogens with zero attached hydrogens (tertiary/aromatic N) is 1. The third-order valence-corrected chi connectivity index (χ3v) is 3.49. The van der Waals surface area contributed by atoms with Crippen molar-refractivity contribution in [3.63, 3.8) is 0 Å². The lowest BCUT2D eigenvalue weighted by molar-refractivity contribution is 0.0932. The fraction of sp³-hybridized carbons (Fsp3) is 0.0833. The number of aromatic nitrogens is 1. The number of carbonyl (C=O) groups is 2. The predicted molar refractivity (Wildman–Crippen MR) is 77.6 cm³/mol. The third-order valence-electron chi connectivity index (χ3n) is 2.34. The van der Waals surface area contributed by atoms with E-state index in [1.165, 1.54) is 18.4 Å². The Kier molecular flexibility index (Phi) is 4.54. The first-order valence-electron chi connectivity index (χ1n) is 5.59. The van der Waals surface area contributed by atoms with E-state index in [1.807, 2.05) is 12.1 Å². The maximum absolute atomic E-state index is 11.7. The molecule has 3 amide bonds. The minimum Gasteiger partial charge on any atom is -0.340 e. The van der Waals surface area contributed by atoms with E-state index in [2.05, 4.69) is 21.2 Å². The maximum atomic E-state index is 11.7. The Labute approximate surface area is 124 Å². The third kappa shape index (κ3) is 3.46. The van der Waals surface area contributed by atoms with Crippen LogP contribution in [-0.4, -0.2) is 24.0 Å². The number of hydrogen-bond donors (Lipinski definition) is 3. The van der Waals surface area contributed by atoms with Gasteiger partial charge in [-0.25, -0.2) is 15.2 Å². The molecule has 2 aromatic rings. The molecule has 0 bridgehead atoms. The molecule has 0 atom stereocenters. The standard InChI is InChI=1S/C12H11ClN4O2S/c1-14-12(19)17-16-10(18)9-6-20-11(15-9)7-2-4-8(13)5-3-7/h2-6H,1H3,(H,16,18)(H2,14,17,19). The number of amides is 3. The van der Waals surface area contributed by atoms with Crippen molar-refractivity contribution in [2.45, 2.75) is 0 Å². The molecule has 0 fully saturated rings. The summed E-state index contributed by atoms with van der Waals surface area (Å²) in [5, 5.41) is 5.27. The monoisotopic (exact) mass is 310 g/mol. The van der Waals surface area contributed by atoms with Crippen molar-refractivity contribution in [3.8, 4) is 10.6 Å². The molecule has 1 heterocycles. The average molecular weight is 311 g/mol. The van der Waals surface area contributed by atoms with Crippen LogP contribution in [0.1, 0.15) is 10.5 Å². The van der Waals surface area contributed by atoms with Gasteiger partial charge in [0.1, 0.15) is 10.7 Å². The van der Waals surface area contributed by atoms with E-state index in [-0.39, 0.29) is 5.69 Å². The van der Waals surface area contributed by atoms with Crippen molar-refractivity contribution < 1.29 is 9.59 Å². The summed E-state index contributed by atoms with van der Waals surface area (Å²) < 4.78 is 0. The largest absolute Gasteiger partial charge is 0.340 e. The van der Waals surface area contributed by atoms with Gasteiger partial charge in [-0.2, -0.15) is 0 Å². The number of thiazole rings is 1. The maximum Gasteiger partial charge on any atom is 0.333 e. The predicted octanol–water partition coefficient (Wildman–Crippen LogP) is 2.04. The second-order valence-electron chi connectivity index (χ2n) is 3.70. The average Bonchev–Trinajstić information content (AvgIpc) is 2.95. The number of rotatable bonds is 2. The van der Waals surface area contributed by atoms with Gasteiger partial charge in [-0.15, -0.1) is 11.3 Å². The van der Waals surface area contributed by atoms with Crippen molar-refractivity contribution >= 4 is 34.9 Å². The molecule has 2 rings (SSSR count). The van der Waals surface area contributed by atoms with E-state index in [0.29, 0.717) is 10.0 Å². The van der Waals surface area contributed by atoms with E-state index < -0.39 is 11.9 Å². The quantitative estimate of drug-likeness (QED) is 0.742. The van der Waals surface area contributed by atoms with Crippen molar-refractivity contribution in [2.75, 3.05) is 7.05 Å². The van der Waals surface area contributed by atoms with Gasteiger partial charge in [-0.1, -0.05) is 23.7 Å². The van der Waals surface area contributed by atoms with Crippen LogP contribution in [-0.2, 0) is 0 Å². The SMILES string of the molecule is CNC(=O)NNC(=O)c1csc(-c2ccc(Cl)cc2)n1. The van der Waals surface area contributed by atoms with Gasteiger partial charge in [-0.05, 0) is 12.1 Å². The number of carbonyl (C=O) groups excluding carboxylic acids is 2. The molecule has 104 valence electrons. The Morgan fingerprint density at radius 3 is 2.55 bits per heavy atom. The molecular weight excluding hydrogens is 300 g/mol. The molecule has 0 radical (unpaired) electrons. The summed E-state index contributed by atoms with van der Waals surface area (Å²) in [6.07, 6.45) is 0. The van der Waals surface area contributed by atoms with Gasteiger partial charge >= 0.3 is 6.03 Å². The summed E-state index contributed by atoms with van der Waals surface area (Å²) in [6.45, 7) is 0. The summed E-state index contributed by atoms with van der Waals surface area (Å²) in [5.74, 6) is -0.481. The number of urea groups is 1. The van der Waals surface area contributed by atoms with E-state index in [9.17, 15) is 9.59 Å². The number of benzene rings is 1. The Morgan fingerprint density at radius 1 is 1.20 bits per heavy atom. The molecule has 0 unspecified atom stereocenters. The molecule has 1 aromatic heterocycles. The number of nitrogens with one attached hydrogen (secondary N) is 3. The molecule has 1 aromatic carbocycles. The summed E-state index contributed by atoms with van der Waals surface area (Å²) in [7, 11) is 1.45. The number of hydrogen-bond acceptors (Lipinski definition) is 4. The van der Waals surface area contributed by atoms with Crippen molar-refractivity contribution in [1.82, 2.24) is 21.2 Å². The molecule has 0 saturated carbocycles. The Morgan fingerprint density at radius 2 is 1.90 bits per heavy atom. The lowest BCUT2D eigenvalue weighted by Gasteiger charge is -2.04. The van der Waals surface area contributed by atoms with E-state index in [4.69, 9.17) is 11.6 Å². The fourth-order valence-electron chi connectivity index (χ4n) is 1.34. The van der Waals surface area contributed by atoms with Crippen molar-refractivity contribution in [2.24, 2.45) is 0 Å². The smallest absolute Gasteiger partial charge is 0.333 e. The second-order valence-corrected chi connectivity index (χ2v) is 5.00. The summed E-state index contributed by atoms with van der Waals surface area (Å²) in [5.41, 5.74) is 5.54. The molecule has 0 saturated heterocycles. The van der Waals surface area contributed by atoms with Crippen LogP contribution in [0.4, 0.5) is 4.79 Å². The van der Waals surface area contributed by atoms with Crippen LogP contribution in [0.3, 0.4) is 0 Å². The van der Waals surface area contributed by atoms with Crippen LogP contribution in [0, 0.1) is 0 Å². The minimum absolute atomic E-state index is 0.233. The highest BCUT2D eigenvalue weighted by atomic mass is 35.5. The van der Waals surface area contributed by atoms with Gasteiger partial charge in [0.05, 0.1) is 0 Å². The second kappa shape index (κ2) is 6.36. The van der Waals surface area contributed by atoms with Crippen LogP contribution < -0.4 is 16.2 Å². The summed E-state index contributed by atoms with van der Waals surface area (Å²) in [6, 6.07) is 6.65. The zero-order valence-electron chi connectivity index (χ0n) is 10.4. The topological polar surface area (TPSA) is 83.1 Å². The molecule has 0 aliphatic heterocycles. The van der Waals surface area contributed by atoms with Crippen LogP contribution in [0.5, 0.6) is 0 Å². The summed E-state index contributed by atoms with van der Waals surface area (Å²) >= 11 is 7.15. The molecule has 3 N–H and O–H groups in total. The van der Waals surface area contributed by atoms with Gasteiger partial charge in [0, 0.05) is 23.0 Å². The lowest BCUT2D eigenvalue weighted by Crippen LogP contribution is -2.45. The van der Waals surface area contributed by atoms with Crippen molar-refractivity contribution in [1.29, 1.82) is 0 Å². The molecule has 8 heteroatoms. The number of halogens is 1. The van der Waals surface area contributed by atoms with Gasteiger partial charge in [0.25, 0.3) is 5.91 Å². The highest BCUT2D eigenvalue weighted by Crippen LogP contribution is 2.24. The first-order valence-corrected chi connectivity index (χ1v) is 6.85. The Bertz CT molecular complexity index is 627. The number of hydrazine groups is 1. The molecule has 0 aliphatic rings. The molecular formula is C12H11ClN4O2S. The zero-order chi connectivity index (χ0) is 14.5. The van der Waals surface area contributed by atoms with Gasteiger partial charge in [-0.3, -0.25) is 10.2 Å². The zero-order valence-corrected chi connectivity index (χ0v) is 12.0. The normalized spacial score (nSPS) is 9.90. The van der Waals surface area contributed by atoms with Gasteiger partial charge < -0.3 is 5.32 Å². The van der Waals surface area contributed by atoms with Crippen LogP contribution >= 0.6 is 22.9 Å². The highest BCUT2D eigenvalue weighted by Gasteiger charge is 2.12.